The molecule has 0 radical (unpaired) electrons. The van der Waals surface area contributed by atoms with E-state index in [1.165, 1.54) is 11.1 Å². The van der Waals surface area contributed by atoms with Gasteiger partial charge in [-0.1, -0.05) is 55.8 Å². The first-order valence-corrected chi connectivity index (χ1v) is 4.43. The largest absolute Gasteiger partial charge is 0.0814 e. The van der Waals surface area contributed by atoms with Crippen LogP contribution in [0, 0.1) is 12.8 Å². The second-order valence-corrected chi connectivity index (χ2v) is 3.52. The van der Waals surface area contributed by atoms with Crippen LogP contribution in [0.3, 0.4) is 0 Å². The molecule has 1 aromatic rings. The van der Waals surface area contributed by atoms with Crippen molar-refractivity contribution in [3.8, 4) is 0 Å². The number of allylic oxidation sites excluding steroid dienone is 1. The van der Waals surface area contributed by atoms with Crippen LogP contribution in [0.5, 0.6) is 0 Å². The van der Waals surface area contributed by atoms with E-state index in [9.17, 15) is 0 Å². The number of hydrogen-bond donors (Lipinski definition) is 0. The van der Waals surface area contributed by atoms with Gasteiger partial charge >= 0.3 is 0 Å². The van der Waals surface area contributed by atoms with Crippen LogP contribution in [0.4, 0.5) is 0 Å². The normalized spacial score (nSPS) is 11.3. The summed E-state index contributed by atoms with van der Waals surface area (Å²) < 4.78 is 0. The Labute approximate surface area is 74.9 Å². The van der Waals surface area contributed by atoms with Crippen molar-refractivity contribution in [2.24, 2.45) is 5.92 Å². The highest BCUT2D eigenvalue weighted by atomic mass is 13.9. The lowest BCUT2D eigenvalue weighted by Gasteiger charge is -1.96. The molecule has 0 fully saturated rings. The molecular weight excluding hydrogens is 144 g/mol. The van der Waals surface area contributed by atoms with Crippen LogP contribution in [0.15, 0.2) is 30.3 Å². The highest BCUT2D eigenvalue weighted by Gasteiger charge is 1.88. The minimum Gasteiger partial charge on any atom is -0.0814 e. The Morgan fingerprint density at radius 1 is 1.25 bits per heavy atom. The minimum atomic E-state index is 0.630. The molecule has 0 unspecified atom stereocenters. The van der Waals surface area contributed by atoms with Gasteiger partial charge in [0.25, 0.3) is 0 Å². The van der Waals surface area contributed by atoms with Crippen molar-refractivity contribution in [2.75, 3.05) is 0 Å². The maximum atomic E-state index is 2.22. The molecule has 0 heteroatoms. The molecule has 0 atom stereocenters. The van der Waals surface area contributed by atoms with Gasteiger partial charge in [0.2, 0.25) is 0 Å². The van der Waals surface area contributed by atoms with Crippen LogP contribution in [-0.2, 0) is 0 Å². The van der Waals surface area contributed by atoms with E-state index in [-0.39, 0.29) is 0 Å². The van der Waals surface area contributed by atoms with Crippen molar-refractivity contribution in [1.29, 1.82) is 0 Å². The fourth-order valence-corrected chi connectivity index (χ4v) is 1.08. The number of benzene rings is 1. The Morgan fingerprint density at radius 2 is 2.00 bits per heavy atom. The Morgan fingerprint density at radius 3 is 2.58 bits per heavy atom. The molecule has 1 aromatic carbocycles. The van der Waals surface area contributed by atoms with Crippen LogP contribution in [0.2, 0.25) is 0 Å². The molecule has 0 saturated carbocycles. The van der Waals surface area contributed by atoms with Gasteiger partial charge in [-0.05, 0) is 18.4 Å². The first-order chi connectivity index (χ1) is 5.68. The Hall–Kier alpha value is -1.04. The van der Waals surface area contributed by atoms with E-state index < -0.39 is 0 Å². The fourth-order valence-electron chi connectivity index (χ4n) is 1.08. The first kappa shape index (κ1) is 9.05. The molecule has 0 aliphatic carbocycles. The summed E-state index contributed by atoms with van der Waals surface area (Å²) in [7, 11) is 0. The van der Waals surface area contributed by atoms with E-state index >= 15 is 0 Å². The van der Waals surface area contributed by atoms with Gasteiger partial charge in [0.05, 0.1) is 0 Å². The summed E-state index contributed by atoms with van der Waals surface area (Å²) in [6, 6.07) is 8.53. The lowest BCUT2D eigenvalue weighted by molar-refractivity contribution is 0.836. The Bertz CT molecular complexity index is 269. The fraction of sp³-hybridized carbons (Fsp3) is 0.333. The van der Waals surface area contributed by atoms with Gasteiger partial charge in [0, 0.05) is 0 Å². The van der Waals surface area contributed by atoms with Crippen molar-refractivity contribution in [3.63, 3.8) is 0 Å². The second kappa shape index (κ2) is 4.10. The maximum Gasteiger partial charge on any atom is -0.0257 e. The molecule has 0 aliphatic heterocycles. The number of hydrogen-bond acceptors (Lipinski definition) is 0. The summed E-state index contributed by atoms with van der Waals surface area (Å²) in [6.07, 6.45) is 4.40. The molecule has 12 heavy (non-hydrogen) atoms. The highest BCUT2D eigenvalue weighted by molar-refractivity contribution is 5.50. The minimum absolute atomic E-state index is 0.630. The van der Waals surface area contributed by atoms with E-state index in [1.807, 2.05) is 0 Å². The maximum absolute atomic E-state index is 2.22. The first-order valence-electron chi connectivity index (χ1n) is 4.43. The van der Waals surface area contributed by atoms with Crippen LogP contribution in [-0.4, -0.2) is 0 Å². The lowest BCUT2D eigenvalue weighted by Crippen LogP contribution is -1.78. The smallest absolute Gasteiger partial charge is 0.0257 e. The van der Waals surface area contributed by atoms with Gasteiger partial charge in [-0.25, -0.2) is 0 Å². The molecular formula is C12H16. The highest BCUT2D eigenvalue weighted by Crippen LogP contribution is 2.07. The van der Waals surface area contributed by atoms with Gasteiger partial charge in [0.1, 0.15) is 0 Å². The van der Waals surface area contributed by atoms with E-state index in [0.29, 0.717) is 5.92 Å². The molecule has 0 amide bonds. The Kier molecular flexibility index (Phi) is 3.09. The van der Waals surface area contributed by atoms with Gasteiger partial charge in [-0.2, -0.15) is 0 Å². The lowest BCUT2D eigenvalue weighted by atomic mass is 10.1. The molecule has 0 aliphatic rings. The molecule has 0 saturated heterocycles. The molecule has 0 aromatic heterocycles. The SMILES string of the molecule is Cc1cccc(/C=C\C(C)C)c1. The summed E-state index contributed by atoms with van der Waals surface area (Å²) in [5, 5.41) is 0. The third-order valence-corrected chi connectivity index (χ3v) is 1.72. The zero-order valence-electron chi connectivity index (χ0n) is 8.04. The number of rotatable bonds is 2. The van der Waals surface area contributed by atoms with Crippen molar-refractivity contribution < 1.29 is 0 Å². The average Bonchev–Trinajstić information content (AvgIpc) is 2.01. The van der Waals surface area contributed by atoms with E-state index in [1.54, 1.807) is 0 Å². The van der Waals surface area contributed by atoms with E-state index in [2.05, 4.69) is 57.2 Å². The summed E-state index contributed by atoms with van der Waals surface area (Å²) in [4.78, 5) is 0. The third-order valence-electron chi connectivity index (χ3n) is 1.72. The predicted molar refractivity (Wildman–Crippen MR) is 55.1 cm³/mol. The van der Waals surface area contributed by atoms with Crippen LogP contribution in [0.25, 0.3) is 6.08 Å². The van der Waals surface area contributed by atoms with Crippen molar-refractivity contribution >= 4 is 6.08 Å². The molecule has 0 heterocycles. The zero-order valence-corrected chi connectivity index (χ0v) is 8.04. The van der Waals surface area contributed by atoms with Gasteiger partial charge in [-0.15, -0.1) is 0 Å². The third kappa shape index (κ3) is 2.91. The second-order valence-electron chi connectivity index (χ2n) is 3.52. The van der Waals surface area contributed by atoms with Crippen LogP contribution in [0.1, 0.15) is 25.0 Å². The topological polar surface area (TPSA) is 0 Å². The quantitative estimate of drug-likeness (QED) is 0.619. The standard InChI is InChI=1S/C12H16/c1-10(2)7-8-12-6-4-5-11(3)9-12/h4-10H,1-3H3/b8-7-. The summed E-state index contributed by atoms with van der Waals surface area (Å²) >= 11 is 0. The van der Waals surface area contributed by atoms with E-state index in [0.717, 1.165) is 0 Å². The Balaban J connectivity index is 2.76. The van der Waals surface area contributed by atoms with Gasteiger partial charge in [0.15, 0.2) is 0 Å². The molecule has 64 valence electrons. The van der Waals surface area contributed by atoms with Crippen molar-refractivity contribution in [1.82, 2.24) is 0 Å². The van der Waals surface area contributed by atoms with Gasteiger partial charge < -0.3 is 0 Å². The van der Waals surface area contributed by atoms with Crippen LogP contribution < -0.4 is 0 Å². The zero-order chi connectivity index (χ0) is 8.97. The molecule has 0 bridgehead atoms. The summed E-state index contributed by atoms with van der Waals surface area (Å²) in [5.41, 5.74) is 2.62. The number of aryl methyl sites for hydroxylation is 1. The summed E-state index contributed by atoms with van der Waals surface area (Å²) in [5.74, 6) is 0.630. The van der Waals surface area contributed by atoms with Crippen molar-refractivity contribution in [3.05, 3.63) is 41.5 Å². The molecule has 0 N–H and O–H groups in total. The predicted octanol–water partition coefficient (Wildman–Crippen LogP) is 3.66. The van der Waals surface area contributed by atoms with E-state index in [4.69, 9.17) is 0 Å². The van der Waals surface area contributed by atoms with Crippen molar-refractivity contribution in [2.45, 2.75) is 20.8 Å². The monoisotopic (exact) mass is 160 g/mol. The summed E-state index contributed by atoms with van der Waals surface area (Å²) in [6.45, 7) is 6.49. The average molecular weight is 160 g/mol. The molecule has 0 spiro atoms. The van der Waals surface area contributed by atoms with Crippen LogP contribution >= 0.6 is 0 Å². The molecule has 1 rings (SSSR count). The van der Waals surface area contributed by atoms with Gasteiger partial charge in [-0.3, -0.25) is 0 Å². The molecule has 0 nitrogen and oxygen atoms in total.